The highest BCUT2D eigenvalue weighted by atomic mass is 32.2. The number of hydrogen-bond acceptors (Lipinski definition) is 4. The summed E-state index contributed by atoms with van der Waals surface area (Å²) in [6.45, 7) is 0.373. The van der Waals surface area contributed by atoms with Crippen LogP contribution in [0.4, 0.5) is 5.69 Å². The molecule has 0 spiro atoms. The van der Waals surface area contributed by atoms with Gasteiger partial charge in [0.2, 0.25) is 0 Å². The molecular formula is C20H17N3O2S. The number of thioether (sulfide) groups is 1. The van der Waals surface area contributed by atoms with Crippen LogP contribution in [0.5, 0.6) is 0 Å². The van der Waals surface area contributed by atoms with E-state index in [1.54, 1.807) is 19.2 Å². The normalized spacial score (nSPS) is 14.3. The third-order valence-electron chi connectivity index (χ3n) is 3.92. The second-order valence-corrected chi connectivity index (χ2v) is 6.90. The molecule has 0 unspecified atom stereocenters. The van der Waals surface area contributed by atoms with Gasteiger partial charge in [-0.05, 0) is 29.8 Å². The summed E-state index contributed by atoms with van der Waals surface area (Å²) in [6.07, 6.45) is 2.13. The standard InChI is InChI=1S/C20H17N3O2S/c1-23(11-5-10-21)20(25)15-8-9-17-16(13-15)22-19(24)18(26-17)12-14-6-3-2-4-7-14/h2-4,6-9,12-13H,5,11H2,1H3,(H,22,24)/b18-12-. The molecule has 2 aromatic carbocycles. The maximum absolute atomic E-state index is 12.4. The van der Waals surface area contributed by atoms with Gasteiger partial charge in [0.1, 0.15) is 0 Å². The van der Waals surface area contributed by atoms with E-state index in [4.69, 9.17) is 5.26 Å². The Bertz CT molecular complexity index is 916. The van der Waals surface area contributed by atoms with E-state index in [1.807, 2.05) is 48.5 Å². The molecule has 0 saturated heterocycles. The van der Waals surface area contributed by atoms with Crippen molar-refractivity contribution < 1.29 is 9.59 Å². The second-order valence-electron chi connectivity index (χ2n) is 5.82. The van der Waals surface area contributed by atoms with Crippen LogP contribution >= 0.6 is 11.8 Å². The molecule has 1 aliphatic rings. The minimum absolute atomic E-state index is 0.173. The predicted molar refractivity (Wildman–Crippen MR) is 103 cm³/mol. The molecule has 0 fully saturated rings. The van der Waals surface area contributed by atoms with Crippen LogP contribution in [0, 0.1) is 11.3 Å². The minimum atomic E-state index is -0.186. The summed E-state index contributed by atoms with van der Waals surface area (Å²) in [4.78, 5) is 27.8. The van der Waals surface area contributed by atoms with Gasteiger partial charge in [-0.15, -0.1) is 0 Å². The minimum Gasteiger partial charge on any atom is -0.341 e. The number of nitrogens with zero attached hydrogens (tertiary/aromatic N) is 2. The molecule has 0 aromatic heterocycles. The zero-order valence-electron chi connectivity index (χ0n) is 14.2. The molecule has 3 rings (SSSR count). The fraction of sp³-hybridized carbons (Fsp3) is 0.150. The molecule has 1 N–H and O–H groups in total. The van der Waals surface area contributed by atoms with E-state index in [2.05, 4.69) is 5.32 Å². The number of benzene rings is 2. The van der Waals surface area contributed by atoms with E-state index in [0.29, 0.717) is 22.7 Å². The molecule has 5 nitrogen and oxygen atoms in total. The monoisotopic (exact) mass is 363 g/mol. The summed E-state index contributed by atoms with van der Waals surface area (Å²) >= 11 is 1.38. The number of anilines is 1. The van der Waals surface area contributed by atoms with Crippen LogP contribution in [0.1, 0.15) is 22.3 Å². The third-order valence-corrected chi connectivity index (χ3v) is 5.02. The van der Waals surface area contributed by atoms with E-state index >= 15 is 0 Å². The fourth-order valence-electron chi connectivity index (χ4n) is 2.53. The van der Waals surface area contributed by atoms with Gasteiger partial charge < -0.3 is 10.2 Å². The van der Waals surface area contributed by atoms with Gasteiger partial charge in [0.15, 0.2) is 0 Å². The molecule has 1 aliphatic heterocycles. The Balaban J connectivity index is 1.81. The lowest BCUT2D eigenvalue weighted by Gasteiger charge is -2.21. The van der Waals surface area contributed by atoms with Gasteiger partial charge in [-0.3, -0.25) is 9.59 Å². The van der Waals surface area contributed by atoms with E-state index < -0.39 is 0 Å². The maximum atomic E-state index is 12.4. The van der Waals surface area contributed by atoms with Crippen molar-refractivity contribution >= 4 is 35.3 Å². The summed E-state index contributed by atoms with van der Waals surface area (Å²) in [7, 11) is 1.66. The van der Waals surface area contributed by atoms with E-state index in [9.17, 15) is 9.59 Å². The van der Waals surface area contributed by atoms with Crippen molar-refractivity contribution in [2.24, 2.45) is 0 Å². The van der Waals surface area contributed by atoms with Crippen LogP contribution in [-0.2, 0) is 4.79 Å². The number of rotatable bonds is 4. The topological polar surface area (TPSA) is 73.2 Å². The van der Waals surface area contributed by atoms with Crippen molar-refractivity contribution in [3.63, 3.8) is 0 Å². The molecule has 0 radical (unpaired) electrons. The fourth-order valence-corrected chi connectivity index (χ4v) is 3.47. The predicted octanol–water partition coefficient (Wildman–Crippen LogP) is 3.76. The van der Waals surface area contributed by atoms with E-state index in [0.717, 1.165) is 10.5 Å². The molecule has 6 heteroatoms. The molecule has 2 aromatic rings. The van der Waals surface area contributed by atoms with E-state index in [1.165, 1.54) is 16.7 Å². The van der Waals surface area contributed by atoms with Crippen LogP contribution in [0.2, 0.25) is 0 Å². The summed E-state index contributed by atoms with van der Waals surface area (Å²) in [5.74, 6) is -0.360. The Hall–Kier alpha value is -3.04. The van der Waals surface area contributed by atoms with Crippen molar-refractivity contribution in [2.75, 3.05) is 18.9 Å². The lowest BCUT2D eigenvalue weighted by Crippen LogP contribution is -2.28. The largest absolute Gasteiger partial charge is 0.341 e. The zero-order chi connectivity index (χ0) is 18.5. The van der Waals surface area contributed by atoms with Gasteiger partial charge in [-0.2, -0.15) is 5.26 Å². The summed E-state index contributed by atoms with van der Waals surface area (Å²) in [5, 5.41) is 11.5. The van der Waals surface area contributed by atoms with Gasteiger partial charge in [0.05, 0.1) is 23.1 Å². The van der Waals surface area contributed by atoms with E-state index in [-0.39, 0.29) is 18.2 Å². The maximum Gasteiger partial charge on any atom is 0.262 e. The molecule has 0 bridgehead atoms. The van der Waals surface area contributed by atoms with Crippen LogP contribution < -0.4 is 5.32 Å². The number of fused-ring (bicyclic) bond motifs is 1. The number of nitrogens with one attached hydrogen (secondary N) is 1. The van der Waals surface area contributed by atoms with Crippen molar-refractivity contribution in [2.45, 2.75) is 11.3 Å². The number of amides is 2. The molecular weight excluding hydrogens is 346 g/mol. The van der Waals surface area contributed by atoms with Crippen LogP contribution in [0.25, 0.3) is 6.08 Å². The Morgan fingerprint density at radius 1 is 1.27 bits per heavy atom. The average Bonchev–Trinajstić information content (AvgIpc) is 2.66. The summed E-state index contributed by atoms with van der Waals surface area (Å²) in [6, 6.07) is 16.9. The Morgan fingerprint density at radius 3 is 2.77 bits per heavy atom. The lowest BCUT2D eigenvalue weighted by atomic mass is 10.1. The first-order chi connectivity index (χ1) is 12.6. The number of hydrogen-bond donors (Lipinski definition) is 1. The zero-order valence-corrected chi connectivity index (χ0v) is 15.0. The highest BCUT2D eigenvalue weighted by molar-refractivity contribution is 8.04. The van der Waals surface area contributed by atoms with Crippen molar-refractivity contribution in [1.82, 2.24) is 4.90 Å². The highest BCUT2D eigenvalue weighted by Crippen LogP contribution is 2.39. The quantitative estimate of drug-likeness (QED) is 0.840. The number of nitriles is 1. The molecule has 2 amide bonds. The SMILES string of the molecule is CN(CCC#N)C(=O)c1ccc2c(c1)NC(=O)/C(=C/c1ccccc1)S2. The first-order valence-corrected chi connectivity index (χ1v) is 8.92. The van der Waals surface area contributed by atoms with Gasteiger partial charge in [0.25, 0.3) is 11.8 Å². The van der Waals surface area contributed by atoms with Gasteiger partial charge in [0, 0.05) is 24.1 Å². The van der Waals surface area contributed by atoms with Crippen molar-refractivity contribution in [3.05, 3.63) is 64.6 Å². The van der Waals surface area contributed by atoms with Gasteiger partial charge in [-0.1, -0.05) is 42.1 Å². The van der Waals surface area contributed by atoms with Gasteiger partial charge in [-0.25, -0.2) is 0 Å². The molecule has 0 saturated carbocycles. The first kappa shape index (κ1) is 17.8. The lowest BCUT2D eigenvalue weighted by molar-refractivity contribution is -0.112. The number of carbonyl (C=O) groups excluding carboxylic acids is 2. The first-order valence-electron chi connectivity index (χ1n) is 8.11. The number of carbonyl (C=O) groups is 2. The van der Waals surface area contributed by atoms with Crippen LogP contribution in [0.15, 0.2) is 58.3 Å². The molecule has 26 heavy (non-hydrogen) atoms. The second kappa shape index (κ2) is 7.89. The smallest absolute Gasteiger partial charge is 0.262 e. The Kier molecular flexibility index (Phi) is 5.40. The molecule has 0 aliphatic carbocycles. The Labute approximate surface area is 156 Å². The summed E-state index contributed by atoms with van der Waals surface area (Å²) < 4.78 is 0. The summed E-state index contributed by atoms with van der Waals surface area (Å²) in [5.41, 5.74) is 2.07. The molecule has 1 heterocycles. The van der Waals surface area contributed by atoms with Gasteiger partial charge >= 0.3 is 0 Å². The molecule has 130 valence electrons. The Morgan fingerprint density at radius 2 is 2.04 bits per heavy atom. The average molecular weight is 363 g/mol. The van der Waals surface area contributed by atoms with Crippen molar-refractivity contribution in [1.29, 1.82) is 5.26 Å². The van der Waals surface area contributed by atoms with Crippen molar-refractivity contribution in [3.8, 4) is 6.07 Å². The highest BCUT2D eigenvalue weighted by Gasteiger charge is 2.23. The third kappa shape index (κ3) is 3.95. The van der Waals surface area contributed by atoms with Crippen LogP contribution in [0.3, 0.4) is 0 Å². The molecule has 0 atom stereocenters. The van der Waals surface area contributed by atoms with Crippen LogP contribution in [-0.4, -0.2) is 30.3 Å².